The van der Waals surface area contributed by atoms with Crippen LogP contribution in [0, 0.1) is 0 Å². The molecule has 7 atom stereocenters. The van der Waals surface area contributed by atoms with Crippen LogP contribution in [0.5, 0.6) is 0 Å². The molecule has 0 radical (unpaired) electrons. The number of unbranched alkanes of at least 4 members (excludes halogenated alkanes) is 49. The van der Waals surface area contributed by atoms with Gasteiger partial charge >= 0.3 is 5.97 Å². The van der Waals surface area contributed by atoms with E-state index in [1.807, 2.05) is 6.08 Å². The number of hydrogen-bond donors (Lipinski definition) is 6. The van der Waals surface area contributed by atoms with Gasteiger partial charge in [0.2, 0.25) is 5.91 Å². The number of amides is 1. The predicted molar refractivity (Wildman–Crippen MR) is 366 cm³/mol. The molecule has 0 aliphatic carbocycles. The van der Waals surface area contributed by atoms with Gasteiger partial charge < -0.3 is 45.1 Å². The molecule has 1 fully saturated rings. The molecule has 0 bridgehead atoms. The second-order valence-electron chi connectivity index (χ2n) is 26.4. The highest BCUT2D eigenvalue weighted by Gasteiger charge is 2.44. The van der Waals surface area contributed by atoms with Crippen LogP contribution in [0.25, 0.3) is 0 Å². The average molecular weight is 1230 g/mol. The second-order valence-corrected chi connectivity index (χ2v) is 26.4. The van der Waals surface area contributed by atoms with E-state index in [1.165, 1.54) is 289 Å². The van der Waals surface area contributed by atoms with Gasteiger partial charge in [-0.15, -0.1) is 0 Å². The van der Waals surface area contributed by atoms with Gasteiger partial charge in [0.05, 0.1) is 32.0 Å². The Hall–Kier alpha value is -2.12. The molecule has 11 nitrogen and oxygen atoms in total. The Balaban J connectivity index is 1.93. The molecule has 1 aliphatic rings. The average Bonchev–Trinajstić information content (AvgIpc) is 1.87. The first-order chi connectivity index (χ1) is 42.7. The van der Waals surface area contributed by atoms with Gasteiger partial charge in [0, 0.05) is 12.8 Å². The smallest absolute Gasteiger partial charge is 0.305 e. The SMILES string of the molecule is CCCCCCCCCCCC/C=C/C(O)C(COC1OC(CO)C(O)C(O)C1O)NC(=O)CCCCCCCCCCCCCCCCCCC/C=C\C/C=C\CCCCCCCCCCCCCOC(=O)CCCCCCCCCCCCCC. The molecular formula is C76H143NO10. The van der Waals surface area contributed by atoms with Crippen molar-refractivity contribution in [2.45, 2.75) is 416 Å². The zero-order valence-electron chi connectivity index (χ0n) is 57.0. The molecule has 1 rings (SSSR count). The van der Waals surface area contributed by atoms with E-state index >= 15 is 0 Å². The maximum atomic E-state index is 13.1. The van der Waals surface area contributed by atoms with Crippen LogP contribution >= 0.6 is 0 Å². The molecule has 0 saturated carbocycles. The summed E-state index contributed by atoms with van der Waals surface area (Å²) in [6.45, 7) is 4.38. The zero-order valence-corrected chi connectivity index (χ0v) is 57.0. The van der Waals surface area contributed by atoms with Crippen molar-refractivity contribution in [3.63, 3.8) is 0 Å². The molecule has 0 aromatic heterocycles. The minimum atomic E-state index is -1.57. The van der Waals surface area contributed by atoms with Gasteiger partial charge in [0.15, 0.2) is 6.29 Å². The number of esters is 1. The third-order valence-corrected chi connectivity index (χ3v) is 18.0. The van der Waals surface area contributed by atoms with E-state index < -0.39 is 49.5 Å². The van der Waals surface area contributed by atoms with Crippen LogP contribution in [0.2, 0.25) is 0 Å². The Morgan fingerprint density at radius 1 is 0.425 bits per heavy atom. The standard InChI is InChI=1S/C76H143NO10/c1-3-5-7-9-11-13-15-42-46-50-54-58-62-69(79)68(67-86-76-75(84)74(83)73(82)70(66-78)87-76)77-71(80)63-59-55-51-47-43-40-38-36-34-32-30-28-26-24-22-20-18-17-19-21-23-25-27-29-31-33-35-37-39-41-45-49-53-57-61-65-85-72(81)64-60-56-52-48-44-16-14-12-10-8-6-4-2/h19,21,25,27,58,62,68-70,73-76,78-79,82-84H,3-18,20,22-24,26,28-57,59-61,63-67H2,1-2H3,(H,77,80)/b21-19-,27-25-,62-58+. The summed E-state index contributed by atoms with van der Waals surface area (Å²) in [6, 6.07) is -0.808. The normalized spacial score (nSPS) is 18.0. The fourth-order valence-corrected chi connectivity index (χ4v) is 12.1. The first-order valence-electron chi connectivity index (χ1n) is 37.8. The van der Waals surface area contributed by atoms with Gasteiger partial charge in [-0.1, -0.05) is 333 Å². The number of rotatable bonds is 67. The van der Waals surface area contributed by atoms with Crippen molar-refractivity contribution < 1.29 is 49.3 Å². The first kappa shape index (κ1) is 82.9. The van der Waals surface area contributed by atoms with E-state index in [2.05, 4.69) is 43.5 Å². The van der Waals surface area contributed by atoms with Gasteiger partial charge in [-0.05, 0) is 64.2 Å². The maximum absolute atomic E-state index is 13.1. The molecule has 11 heteroatoms. The van der Waals surface area contributed by atoms with Crippen molar-refractivity contribution in [1.82, 2.24) is 5.32 Å². The molecule has 6 N–H and O–H groups in total. The number of aliphatic hydroxyl groups excluding tert-OH is 5. The first-order valence-corrected chi connectivity index (χ1v) is 37.8. The third-order valence-electron chi connectivity index (χ3n) is 18.0. The summed E-state index contributed by atoms with van der Waals surface area (Å²) in [5.74, 6) is -0.167. The molecule has 1 heterocycles. The highest BCUT2D eigenvalue weighted by atomic mass is 16.7. The molecule has 0 aromatic rings. The van der Waals surface area contributed by atoms with Crippen LogP contribution in [0.1, 0.15) is 373 Å². The lowest BCUT2D eigenvalue weighted by Crippen LogP contribution is -2.60. The van der Waals surface area contributed by atoms with E-state index in [-0.39, 0.29) is 18.5 Å². The second kappa shape index (κ2) is 65.4. The van der Waals surface area contributed by atoms with Gasteiger partial charge in [0.1, 0.15) is 24.4 Å². The van der Waals surface area contributed by atoms with Crippen molar-refractivity contribution in [1.29, 1.82) is 0 Å². The summed E-state index contributed by atoms with van der Waals surface area (Å²) in [5.41, 5.74) is 0. The summed E-state index contributed by atoms with van der Waals surface area (Å²) >= 11 is 0. The minimum absolute atomic E-state index is 0.0112. The van der Waals surface area contributed by atoms with E-state index in [9.17, 15) is 35.1 Å². The summed E-state index contributed by atoms with van der Waals surface area (Å²) in [7, 11) is 0. The van der Waals surface area contributed by atoms with E-state index in [4.69, 9.17) is 14.2 Å². The predicted octanol–water partition coefficient (Wildman–Crippen LogP) is 19.7. The largest absolute Gasteiger partial charge is 0.466 e. The van der Waals surface area contributed by atoms with Crippen molar-refractivity contribution in [2.75, 3.05) is 19.8 Å². The minimum Gasteiger partial charge on any atom is -0.466 e. The Morgan fingerprint density at radius 3 is 1.16 bits per heavy atom. The molecule has 0 aromatic carbocycles. The Kier molecular flexibility index (Phi) is 62.3. The van der Waals surface area contributed by atoms with Crippen LogP contribution in [-0.4, -0.2) is 100 Å². The van der Waals surface area contributed by atoms with Gasteiger partial charge in [-0.3, -0.25) is 9.59 Å². The van der Waals surface area contributed by atoms with Crippen molar-refractivity contribution in [3.05, 3.63) is 36.5 Å². The lowest BCUT2D eigenvalue weighted by Gasteiger charge is -2.40. The summed E-state index contributed by atoms with van der Waals surface area (Å²) in [6.07, 6.45) is 74.4. The van der Waals surface area contributed by atoms with Gasteiger partial charge in [-0.25, -0.2) is 0 Å². The molecule has 1 saturated heterocycles. The van der Waals surface area contributed by atoms with Crippen LogP contribution in [0.4, 0.5) is 0 Å². The maximum Gasteiger partial charge on any atom is 0.305 e. The number of allylic oxidation sites excluding steroid dienone is 5. The lowest BCUT2D eigenvalue weighted by molar-refractivity contribution is -0.302. The molecule has 1 aliphatic heterocycles. The van der Waals surface area contributed by atoms with Crippen molar-refractivity contribution in [2.24, 2.45) is 0 Å². The zero-order chi connectivity index (χ0) is 63.0. The number of carbonyl (C=O) groups is 2. The van der Waals surface area contributed by atoms with Crippen LogP contribution in [0.15, 0.2) is 36.5 Å². The quantitative estimate of drug-likeness (QED) is 0.0195. The molecular weight excluding hydrogens is 1090 g/mol. The number of carbonyl (C=O) groups excluding carboxylic acids is 2. The van der Waals surface area contributed by atoms with Gasteiger partial charge in [-0.2, -0.15) is 0 Å². The van der Waals surface area contributed by atoms with Crippen molar-refractivity contribution >= 4 is 11.9 Å². The Morgan fingerprint density at radius 2 is 0.770 bits per heavy atom. The Labute approximate surface area is 536 Å². The number of aliphatic hydroxyl groups is 5. The van der Waals surface area contributed by atoms with E-state index in [0.29, 0.717) is 19.4 Å². The van der Waals surface area contributed by atoms with E-state index in [1.54, 1.807) is 6.08 Å². The Bertz CT molecular complexity index is 1540. The molecule has 0 spiro atoms. The van der Waals surface area contributed by atoms with Crippen molar-refractivity contribution in [3.8, 4) is 0 Å². The van der Waals surface area contributed by atoms with Crippen LogP contribution < -0.4 is 5.32 Å². The highest BCUT2D eigenvalue weighted by Crippen LogP contribution is 2.24. The fourth-order valence-electron chi connectivity index (χ4n) is 12.1. The molecule has 1 amide bonds. The fraction of sp³-hybridized carbons (Fsp3) is 0.895. The highest BCUT2D eigenvalue weighted by molar-refractivity contribution is 5.76. The van der Waals surface area contributed by atoms with Gasteiger partial charge in [0.25, 0.3) is 0 Å². The number of ether oxygens (including phenoxy) is 3. The van der Waals surface area contributed by atoms with Crippen LogP contribution in [-0.2, 0) is 23.8 Å². The number of hydrogen-bond acceptors (Lipinski definition) is 10. The summed E-state index contributed by atoms with van der Waals surface area (Å²) < 4.78 is 16.7. The van der Waals surface area contributed by atoms with E-state index in [0.717, 1.165) is 57.8 Å². The topological polar surface area (TPSA) is 175 Å². The van der Waals surface area contributed by atoms with Crippen LogP contribution in [0.3, 0.4) is 0 Å². The lowest BCUT2D eigenvalue weighted by atomic mass is 9.99. The monoisotopic (exact) mass is 1230 g/mol. The summed E-state index contributed by atoms with van der Waals surface area (Å²) in [5, 5.41) is 54.5. The molecule has 7 unspecified atom stereocenters. The molecule has 512 valence electrons. The summed E-state index contributed by atoms with van der Waals surface area (Å²) in [4.78, 5) is 25.1. The number of nitrogens with one attached hydrogen (secondary N) is 1. The third kappa shape index (κ3) is 54.2. The molecule has 87 heavy (non-hydrogen) atoms.